The Morgan fingerprint density at radius 3 is 2.71 bits per heavy atom. The summed E-state index contributed by atoms with van der Waals surface area (Å²) in [5.74, 6) is -0.0443. The third-order valence-corrected chi connectivity index (χ3v) is 3.42. The lowest BCUT2D eigenvalue weighted by Crippen LogP contribution is -2.07. The van der Waals surface area contributed by atoms with Crippen LogP contribution in [0, 0.1) is 0 Å². The van der Waals surface area contributed by atoms with Crippen molar-refractivity contribution in [3.05, 3.63) is 47.7 Å². The van der Waals surface area contributed by atoms with Crippen LogP contribution in [0.4, 0.5) is 0 Å². The normalized spacial score (nSPS) is 10.7. The molecule has 0 radical (unpaired) electrons. The lowest BCUT2D eigenvalue weighted by Gasteiger charge is -2.16. The smallest absolute Gasteiger partial charge is 0.307 e. The number of rotatable bonds is 5. The SMILES string of the molecule is COc1cc(-c2cccc(C(C)C)c2CC(=O)O)ccn1. The number of aliphatic carboxylic acids is 1. The quantitative estimate of drug-likeness (QED) is 0.913. The van der Waals surface area contributed by atoms with Crippen LogP contribution >= 0.6 is 0 Å². The number of hydrogen-bond acceptors (Lipinski definition) is 3. The number of ether oxygens (including phenoxy) is 1. The van der Waals surface area contributed by atoms with Crippen molar-refractivity contribution in [3.8, 4) is 17.0 Å². The second-order valence-corrected chi connectivity index (χ2v) is 5.19. The molecule has 0 aliphatic heterocycles. The van der Waals surface area contributed by atoms with Gasteiger partial charge in [0, 0.05) is 12.3 Å². The highest BCUT2D eigenvalue weighted by Crippen LogP contribution is 2.31. The Morgan fingerprint density at radius 1 is 1.33 bits per heavy atom. The Hall–Kier alpha value is -2.36. The standard InChI is InChI=1S/C17H19NO3/c1-11(2)13-5-4-6-14(15(13)10-17(19)20)12-7-8-18-16(9-12)21-3/h4-9,11H,10H2,1-3H3,(H,19,20). The van der Waals surface area contributed by atoms with Crippen LogP contribution in [0.1, 0.15) is 30.9 Å². The lowest BCUT2D eigenvalue weighted by atomic mass is 9.89. The molecule has 4 heteroatoms. The molecule has 2 rings (SSSR count). The summed E-state index contributed by atoms with van der Waals surface area (Å²) in [5, 5.41) is 9.21. The van der Waals surface area contributed by atoms with Crippen LogP contribution in [0.15, 0.2) is 36.5 Å². The van der Waals surface area contributed by atoms with Gasteiger partial charge in [0.05, 0.1) is 13.5 Å². The van der Waals surface area contributed by atoms with E-state index in [0.29, 0.717) is 5.88 Å². The number of carboxylic acids is 1. The van der Waals surface area contributed by atoms with Crippen LogP contribution in [0.5, 0.6) is 5.88 Å². The van der Waals surface area contributed by atoms with E-state index >= 15 is 0 Å². The number of hydrogen-bond donors (Lipinski definition) is 1. The van der Waals surface area contributed by atoms with Crippen LogP contribution in [0.25, 0.3) is 11.1 Å². The Balaban J connectivity index is 2.61. The highest BCUT2D eigenvalue weighted by Gasteiger charge is 2.15. The van der Waals surface area contributed by atoms with E-state index in [4.69, 9.17) is 4.74 Å². The molecular weight excluding hydrogens is 266 g/mol. The minimum absolute atomic E-state index is 0.00826. The molecule has 0 saturated carbocycles. The Bertz CT molecular complexity index is 650. The van der Waals surface area contributed by atoms with E-state index in [1.807, 2.05) is 30.3 Å². The molecule has 110 valence electrons. The first-order valence-corrected chi connectivity index (χ1v) is 6.87. The fraction of sp³-hybridized carbons (Fsp3) is 0.294. The van der Waals surface area contributed by atoms with Gasteiger partial charge in [-0.3, -0.25) is 4.79 Å². The summed E-state index contributed by atoms with van der Waals surface area (Å²) in [4.78, 5) is 15.3. The Kier molecular flexibility index (Phi) is 4.58. The van der Waals surface area contributed by atoms with Gasteiger partial charge in [0.25, 0.3) is 0 Å². The van der Waals surface area contributed by atoms with Crippen LogP contribution in [0.3, 0.4) is 0 Å². The summed E-state index contributed by atoms with van der Waals surface area (Å²) in [5.41, 5.74) is 3.75. The van der Waals surface area contributed by atoms with Gasteiger partial charge in [0.1, 0.15) is 0 Å². The summed E-state index contributed by atoms with van der Waals surface area (Å²) >= 11 is 0. The van der Waals surface area contributed by atoms with Crippen LogP contribution in [-0.2, 0) is 11.2 Å². The summed E-state index contributed by atoms with van der Waals surface area (Å²) in [6.07, 6.45) is 1.68. The maximum Gasteiger partial charge on any atom is 0.307 e. The Labute approximate surface area is 124 Å². The molecule has 0 atom stereocenters. The molecule has 2 aromatic rings. The summed E-state index contributed by atoms with van der Waals surface area (Å²) in [6, 6.07) is 9.59. The molecule has 0 bridgehead atoms. The number of aromatic nitrogens is 1. The van der Waals surface area contributed by atoms with Crippen molar-refractivity contribution in [2.24, 2.45) is 0 Å². The summed E-state index contributed by atoms with van der Waals surface area (Å²) in [7, 11) is 1.56. The van der Waals surface area contributed by atoms with Crippen molar-refractivity contribution in [1.29, 1.82) is 0 Å². The fourth-order valence-corrected chi connectivity index (χ4v) is 2.45. The fourth-order valence-electron chi connectivity index (χ4n) is 2.45. The minimum atomic E-state index is -0.828. The van der Waals surface area contributed by atoms with Crippen molar-refractivity contribution in [3.63, 3.8) is 0 Å². The molecule has 0 fully saturated rings. The predicted octanol–water partition coefficient (Wildman–Crippen LogP) is 3.51. The summed E-state index contributed by atoms with van der Waals surface area (Å²) < 4.78 is 5.15. The third-order valence-electron chi connectivity index (χ3n) is 3.42. The van der Waals surface area contributed by atoms with E-state index in [-0.39, 0.29) is 12.3 Å². The van der Waals surface area contributed by atoms with E-state index in [2.05, 4.69) is 18.8 Å². The first-order valence-electron chi connectivity index (χ1n) is 6.87. The van der Waals surface area contributed by atoms with Crippen molar-refractivity contribution in [1.82, 2.24) is 4.98 Å². The molecule has 1 aromatic carbocycles. The van der Waals surface area contributed by atoms with E-state index in [0.717, 1.165) is 22.3 Å². The number of benzene rings is 1. The largest absolute Gasteiger partial charge is 0.481 e. The maximum absolute atomic E-state index is 11.2. The van der Waals surface area contributed by atoms with Crippen molar-refractivity contribution in [2.75, 3.05) is 7.11 Å². The van der Waals surface area contributed by atoms with Gasteiger partial charge in [0.15, 0.2) is 0 Å². The molecule has 1 N–H and O–H groups in total. The van der Waals surface area contributed by atoms with Gasteiger partial charge >= 0.3 is 5.97 Å². The molecule has 4 nitrogen and oxygen atoms in total. The van der Waals surface area contributed by atoms with Crippen LogP contribution in [-0.4, -0.2) is 23.2 Å². The van der Waals surface area contributed by atoms with E-state index in [9.17, 15) is 9.90 Å². The number of carboxylic acid groups (broad SMARTS) is 1. The molecule has 0 amide bonds. The molecule has 21 heavy (non-hydrogen) atoms. The van der Waals surface area contributed by atoms with Gasteiger partial charge < -0.3 is 9.84 Å². The van der Waals surface area contributed by atoms with E-state index < -0.39 is 5.97 Å². The van der Waals surface area contributed by atoms with Gasteiger partial charge in [-0.2, -0.15) is 0 Å². The number of carbonyl (C=O) groups is 1. The molecular formula is C17H19NO3. The van der Waals surface area contributed by atoms with Gasteiger partial charge in [-0.1, -0.05) is 32.0 Å². The molecule has 0 saturated heterocycles. The monoisotopic (exact) mass is 285 g/mol. The minimum Gasteiger partial charge on any atom is -0.481 e. The van der Waals surface area contributed by atoms with Gasteiger partial charge in [-0.15, -0.1) is 0 Å². The molecule has 1 heterocycles. The van der Waals surface area contributed by atoms with E-state index in [1.165, 1.54) is 0 Å². The molecule has 1 aromatic heterocycles. The predicted molar refractivity (Wildman–Crippen MR) is 81.7 cm³/mol. The average molecular weight is 285 g/mol. The molecule has 0 aliphatic rings. The zero-order chi connectivity index (χ0) is 15.4. The van der Waals surface area contributed by atoms with Crippen molar-refractivity contribution >= 4 is 5.97 Å². The Morgan fingerprint density at radius 2 is 2.10 bits per heavy atom. The molecule has 0 spiro atoms. The molecule has 0 aliphatic carbocycles. The van der Waals surface area contributed by atoms with Crippen LogP contribution in [0.2, 0.25) is 0 Å². The van der Waals surface area contributed by atoms with Crippen molar-refractivity contribution in [2.45, 2.75) is 26.2 Å². The summed E-state index contributed by atoms with van der Waals surface area (Å²) in [6.45, 7) is 4.13. The van der Waals surface area contributed by atoms with Gasteiger partial charge in [0.2, 0.25) is 5.88 Å². The zero-order valence-electron chi connectivity index (χ0n) is 12.5. The van der Waals surface area contributed by atoms with Gasteiger partial charge in [-0.25, -0.2) is 4.98 Å². The lowest BCUT2D eigenvalue weighted by molar-refractivity contribution is -0.136. The first-order chi connectivity index (χ1) is 10.0. The highest BCUT2D eigenvalue weighted by atomic mass is 16.5. The number of nitrogens with zero attached hydrogens (tertiary/aromatic N) is 1. The van der Waals surface area contributed by atoms with Gasteiger partial charge in [-0.05, 0) is 34.2 Å². The third kappa shape index (κ3) is 3.40. The second-order valence-electron chi connectivity index (χ2n) is 5.19. The zero-order valence-corrected chi connectivity index (χ0v) is 12.5. The van der Waals surface area contributed by atoms with Crippen LogP contribution < -0.4 is 4.74 Å². The van der Waals surface area contributed by atoms with Crippen molar-refractivity contribution < 1.29 is 14.6 Å². The topological polar surface area (TPSA) is 59.4 Å². The highest BCUT2D eigenvalue weighted by molar-refractivity contribution is 5.78. The number of pyridine rings is 1. The average Bonchev–Trinajstić information content (AvgIpc) is 2.46. The number of methoxy groups -OCH3 is 1. The maximum atomic E-state index is 11.2. The second kappa shape index (κ2) is 6.39. The first kappa shape index (κ1) is 15.0. The molecule has 0 unspecified atom stereocenters. The van der Waals surface area contributed by atoms with E-state index in [1.54, 1.807) is 13.3 Å².